The van der Waals surface area contributed by atoms with Gasteiger partial charge in [-0.1, -0.05) is 6.07 Å². The largest absolute Gasteiger partial charge is 0.494 e. The molecule has 104 valence electrons. The number of piperazine rings is 1. The van der Waals surface area contributed by atoms with Crippen LogP contribution in [0.5, 0.6) is 5.75 Å². The number of benzene rings is 1. The number of nitrogens with one attached hydrogen (secondary N) is 1. The van der Waals surface area contributed by atoms with Crippen LogP contribution < -0.4 is 10.1 Å². The average Bonchev–Trinajstić information content (AvgIpc) is 2.39. The summed E-state index contributed by atoms with van der Waals surface area (Å²) in [5, 5.41) is 3.28. The first-order valence-corrected chi connectivity index (χ1v) is 6.43. The Balaban J connectivity index is 2.00. The van der Waals surface area contributed by atoms with Crippen molar-refractivity contribution >= 4 is 5.91 Å². The van der Waals surface area contributed by atoms with Crippen molar-refractivity contribution < 1.29 is 13.9 Å². The third kappa shape index (κ3) is 3.44. The van der Waals surface area contributed by atoms with E-state index in [-0.39, 0.29) is 18.1 Å². The van der Waals surface area contributed by atoms with Crippen LogP contribution in [0.15, 0.2) is 18.2 Å². The van der Waals surface area contributed by atoms with Gasteiger partial charge in [0.15, 0.2) is 11.6 Å². The van der Waals surface area contributed by atoms with Gasteiger partial charge in [-0.15, -0.1) is 0 Å². The van der Waals surface area contributed by atoms with Crippen LogP contribution in [0.1, 0.15) is 12.5 Å². The summed E-state index contributed by atoms with van der Waals surface area (Å²) >= 11 is 0. The Morgan fingerprint density at radius 3 is 3.00 bits per heavy atom. The molecule has 1 fully saturated rings. The SMILES string of the molecule is COc1ccc(CC(=O)N2CCN[C@@H](C)C2)cc1F. The van der Waals surface area contributed by atoms with E-state index < -0.39 is 5.82 Å². The quantitative estimate of drug-likeness (QED) is 0.893. The second-order valence-electron chi connectivity index (χ2n) is 4.84. The second-order valence-corrected chi connectivity index (χ2v) is 4.84. The molecule has 2 rings (SSSR count). The number of ether oxygens (including phenoxy) is 1. The van der Waals surface area contributed by atoms with Gasteiger partial charge < -0.3 is 15.0 Å². The number of rotatable bonds is 3. The zero-order chi connectivity index (χ0) is 13.8. The molecule has 5 heteroatoms. The molecular formula is C14H19FN2O2. The van der Waals surface area contributed by atoms with Crippen molar-refractivity contribution in [2.24, 2.45) is 0 Å². The van der Waals surface area contributed by atoms with Gasteiger partial charge in [0.05, 0.1) is 13.5 Å². The highest BCUT2D eigenvalue weighted by Crippen LogP contribution is 2.18. The zero-order valence-corrected chi connectivity index (χ0v) is 11.3. The smallest absolute Gasteiger partial charge is 0.227 e. The molecule has 0 unspecified atom stereocenters. The van der Waals surface area contributed by atoms with Gasteiger partial charge in [-0.25, -0.2) is 4.39 Å². The molecule has 1 amide bonds. The summed E-state index contributed by atoms with van der Waals surface area (Å²) in [5.74, 6) is -0.189. The Hall–Kier alpha value is -1.62. The van der Waals surface area contributed by atoms with Crippen molar-refractivity contribution in [3.05, 3.63) is 29.6 Å². The number of nitrogens with zero attached hydrogens (tertiary/aromatic N) is 1. The van der Waals surface area contributed by atoms with Crippen LogP contribution >= 0.6 is 0 Å². The van der Waals surface area contributed by atoms with E-state index in [2.05, 4.69) is 5.32 Å². The second kappa shape index (κ2) is 6.02. The number of halogens is 1. The van der Waals surface area contributed by atoms with Crippen molar-refractivity contribution in [2.75, 3.05) is 26.7 Å². The van der Waals surface area contributed by atoms with Crippen molar-refractivity contribution in [1.29, 1.82) is 0 Å². The van der Waals surface area contributed by atoms with Gasteiger partial charge in [0.1, 0.15) is 0 Å². The Morgan fingerprint density at radius 2 is 2.37 bits per heavy atom. The summed E-state index contributed by atoms with van der Waals surface area (Å²) in [4.78, 5) is 13.9. The Labute approximate surface area is 112 Å². The monoisotopic (exact) mass is 266 g/mol. The van der Waals surface area contributed by atoms with Crippen molar-refractivity contribution in [3.63, 3.8) is 0 Å². The molecule has 0 aliphatic carbocycles. The molecule has 0 aromatic heterocycles. The lowest BCUT2D eigenvalue weighted by atomic mass is 10.1. The van der Waals surface area contributed by atoms with E-state index in [0.29, 0.717) is 24.7 Å². The van der Waals surface area contributed by atoms with E-state index in [1.54, 1.807) is 12.1 Å². The van der Waals surface area contributed by atoms with Crippen LogP contribution in [0.3, 0.4) is 0 Å². The Kier molecular flexibility index (Phi) is 4.37. The van der Waals surface area contributed by atoms with E-state index >= 15 is 0 Å². The molecule has 1 aliphatic heterocycles. The summed E-state index contributed by atoms with van der Waals surface area (Å²) in [5.41, 5.74) is 0.675. The summed E-state index contributed by atoms with van der Waals surface area (Å²) in [6.45, 7) is 4.27. The number of amides is 1. The summed E-state index contributed by atoms with van der Waals surface area (Å²) in [7, 11) is 1.42. The minimum Gasteiger partial charge on any atom is -0.494 e. The fraction of sp³-hybridized carbons (Fsp3) is 0.500. The maximum absolute atomic E-state index is 13.5. The highest BCUT2D eigenvalue weighted by Gasteiger charge is 2.20. The van der Waals surface area contributed by atoms with E-state index in [0.717, 1.165) is 6.54 Å². The molecule has 0 bridgehead atoms. The fourth-order valence-electron chi connectivity index (χ4n) is 2.27. The molecule has 1 N–H and O–H groups in total. The molecule has 1 atom stereocenters. The molecule has 1 aromatic rings. The maximum Gasteiger partial charge on any atom is 0.227 e. The molecule has 1 heterocycles. The van der Waals surface area contributed by atoms with E-state index in [1.807, 2.05) is 11.8 Å². The van der Waals surface area contributed by atoms with Crippen molar-refractivity contribution in [2.45, 2.75) is 19.4 Å². The number of methoxy groups -OCH3 is 1. The molecule has 4 nitrogen and oxygen atoms in total. The van der Waals surface area contributed by atoms with E-state index in [9.17, 15) is 9.18 Å². The van der Waals surface area contributed by atoms with Gasteiger partial charge in [-0.2, -0.15) is 0 Å². The van der Waals surface area contributed by atoms with Crippen LogP contribution in [0.2, 0.25) is 0 Å². The lowest BCUT2D eigenvalue weighted by molar-refractivity contribution is -0.131. The molecule has 1 saturated heterocycles. The molecule has 0 radical (unpaired) electrons. The summed E-state index contributed by atoms with van der Waals surface area (Å²) < 4.78 is 18.4. The third-order valence-corrected chi connectivity index (χ3v) is 3.29. The van der Waals surface area contributed by atoms with Crippen LogP contribution in [-0.4, -0.2) is 43.6 Å². The van der Waals surface area contributed by atoms with E-state index in [4.69, 9.17) is 4.74 Å². The standard InChI is InChI=1S/C14H19FN2O2/c1-10-9-17(6-5-16-10)14(18)8-11-3-4-13(19-2)12(15)7-11/h3-4,7,10,16H,5-6,8-9H2,1-2H3/t10-/m0/s1. The highest BCUT2D eigenvalue weighted by molar-refractivity contribution is 5.79. The maximum atomic E-state index is 13.5. The minimum absolute atomic E-state index is 0.0397. The topological polar surface area (TPSA) is 41.6 Å². The molecular weight excluding hydrogens is 247 g/mol. The van der Waals surface area contributed by atoms with Crippen LogP contribution in [0.4, 0.5) is 4.39 Å². The van der Waals surface area contributed by atoms with E-state index in [1.165, 1.54) is 13.2 Å². The molecule has 0 spiro atoms. The number of carbonyl (C=O) groups is 1. The van der Waals surface area contributed by atoms with Crippen LogP contribution in [0.25, 0.3) is 0 Å². The predicted octanol–water partition coefficient (Wildman–Crippen LogP) is 1.20. The highest BCUT2D eigenvalue weighted by atomic mass is 19.1. The first-order valence-electron chi connectivity index (χ1n) is 6.43. The lowest BCUT2D eigenvalue weighted by Crippen LogP contribution is -2.51. The number of hydrogen-bond donors (Lipinski definition) is 1. The summed E-state index contributed by atoms with van der Waals surface area (Å²) in [6, 6.07) is 4.96. The van der Waals surface area contributed by atoms with Gasteiger partial charge in [0, 0.05) is 25.7 Å². The summed E-state index contributed by atoms with van der Waals surface area (Å²) in [6.07, 6.45) is 0.230. The molecule has 0 saturated carbocycles. The van der Waals surface area contributed by atoms with Crippen LogP contribution in [-0.2, 0) is 11.2 Å². The van der Waals surface area contributed by atoms with Gasteiger partial charge in [0.25, 0.3) is 0 Å². The van der Waals surface area contributed by atoms with Gasteiger partial charge in [-0.3, -0.25) is 4.79 Å². The first-order chi connectivity index (χ1) is 9.10. The Morgan fingerprint density at radius 1 is 1.58 bits per heavy atom. The fourth-order valence-corrected chi connectivity index (χ4v) is 2.27. The van der Waals surface area contributed by atoms with Gasteiger partial charge in [-0.05, 0) is 24.6 Å². The molecule has 19 heavy (non-hydrogen) atoms. The van der Waals surface area contributed by atoms with Gasteiger partial charge >= 0.3 is 0 Å². The zero-order valence-electron chi connectivity index (χ0n) is 11.3. The predicted molar refractivity (Wildman–Crippen MR) is 70.7 cm³/mol. The lowest BCUT2D eigenvalue weighted by Gasteiger charge is -2.32. The van der Waals surface area contributed by atoms with Gasteiger partial charge in [0.2, 0.25) is 5.91 Å². The van der Waals surface area contributed by atoms with Crippen molar-refractivity contribution in [3.8, 4) is 5.75 Å². The Bertz CT molecular complexity index is 465. The third-order valence-electron chi connectivity index (χ3n) is 3.29. The minimum atomic E-state index is -0.429. The number of carbonyl (C=O) groups excluding carboxylic acids is 1. The molecule has 1 aromatic carbocycles. The van der Waals surface area contributed by atoms with Crippen LogP contribution in [0, 0.1) is 5.82 Å². The average molecular weight is 266 g/mol. The molecule has 1 aliphatic rings. The first kappa shape index (κ1) is 13.8. The normalized spacial score (nSPS) is 19.3. The number of hydrogen-bond acceptors (Lipinski definition) is 3. The van der Waals surface area contributed by atoms with Crippen molar-refractivity contribution in [1.82, 2.24) is 10.2 Å².